The van der Waals surface area contributed by atoms with Crippen LogP contribution in [-0.4, -0.2) is 0 Å². The van der Waals surface area contributed by atoms with Crippen LogP contribution in [0.3, 0.4) is 0 Å². The molecule has 0 radical (unpaired) electrons. The zero-order valence-electron chi connectivity index (χ0n) is 69.4. The van der Waals surface area contributed by atoms with Gasteiger partial charge in [-0.1, -0.05) is 175 Å². The van der Waals surface area contributed by atoms with Crippen LogP contribution in [0.15, 0.2) is 222 Å². The molecule has 1 heterocycles. The van der Waals surface area contributed by atoms with Crippen molar-refractivity contribution in [2.24, 2.45) is 0 Å². The molecule has 0 N–H and O–H groups in total. The van der Waals surface area contributed by atoms with Crippen LogP contribution in [0.4, 0.5) is 17.1 Å². The first-order valence-electron chi connectivity index (χ1n) is 37.3. The van der Waals surface area contributed by atoms with Gasteiger partial charge in [0.05, 0.1) is 60.4 Å². The van der Waals surface area contributed by atoms with Gasteiger partial charge in [0.15, 0.2) is 0 Å². The van der Waals surface area contributed by atoms with Gasteiger partial charge in [-0.15, -0.1) is 0 Å². The first-order valence-corrected chi connectivity index (χ1v) is 19.3. The maximum atomic E-state index is 10.5. The Morgan fingerprint density at radius 2 is 1.03 bits per heavy atom. The van der Waals surface area contributed by atoms with E-state index in [1.165, 1.54) is 6.92 Å². The normalized spacial score (nSPS) is 20.6. The molecule has 2 heteroatoms. The fourth-order valence-corrected chi connectivity index (χ4v) is 8.55. The lowest BCUT2D eigenvalue weighted by Gasteiger charge is -2.37. The lowest BCUT2D eigenvalue weighted by molar-refractivity contribution is 0.672. The molecule has 1 aromatic heterocycles. The standard InChI is InChI=1S/C62H45NO/c1-40-20-13-14-29-49(40)44-23-19-28-47(37-44)63(48-34-35-52-56-39-54(43-21-7-4-8-22-43)50-30-15-16-32-53(50)61(56)64-58(52)38-48)60-41(2)36-55-51-31-17-18-33-57(51)62(59(55)42(60)3,45-24-9-5-10-25-45)46-26-11-6-12-27-46/h4-39H,1-3H3/i4D,5D,6D,7D,8D,9D,10D,11D,12D,13D,14D,15D,16D,17D,18D,19D,20D,21D,22D,23D,24D,25D,26D,27D,28D,29D,30D,31D,32D,33D,34D,35D,36D,37D,38D,39D. The lowest BCUT2D eigenvalue weighted by Crippen LogP contribution is -2.30. The van der Waals surface area contributed by atoms with Gasteiger partial charge in [-0.2, -0.15) is 0 Å². The summed E-state index contributed by atoms with van der Waals surface area (Å²) in [5.74, 6) is 0. The molecule has 304 valence electrons. The van der Waals surface area contributed by atoms with Gasteiger partial charge < -0.3 is 9.32 Å². The smallest absolute Gasteiger partial charge is 0.143 e. The van der Waals surface area contributed by atoms with Gasteiger partial charge in [0, 0.05) is 33.6 Å². The number of fused-ring (bicyclic) bond motifs is 8. The van der Waals surface area contributed by atoms with Crippen molar-refractivity contribution in [2.75, 3.05) is 4.90 Å². The monoisotopic (exact) mass is 856 g/mol. The molecule has 0 aliphatic heterocycles. The van der Waals surface area contributed by atoms with Crippen molar-refractivity contribution in [3.63, 3.8) is 0 Å². The van der Waals surface area contributed by atoms with Crippen molar-refractivity contribution in [1.29, 1.82) is 0 Å². The molecule has 10 aromatic carbocycles. The van der Waals surface area contributed by atoms with E-state index in [4.69, 9.17) is 27.7 Å². The van der Waals surface area contributed by atoms with Crippen molar-refractivity contribution in [3.05, 3.63) is 256 Å². The molecule has 12 rings (SSSR count). The fourth-order valence-electron chi connectivity index (χ4n) is 8.55. The molecule has 0 spiro atoms. The summed E-state index contributed by atoms with van der Waals surface area (Å²) in [6.45, 7) is 3.44. The van der Waals surface area contributed by atoms with E-state index in [9.17, 15) is 26.0 Å². The number of nitrogens with zero attached hydrogens (tertiary/aromatic N) is 1. The van der Waals surface area contributed by atoms with Crippen LogP contribution >= 0.6 is 0 Å². The molecule has 1 aliphatic carbocycles. The topological polar surface area (TPSA) is 16.4 Å². The van der Waals surface area contributed by atoms with E-state index in [-0.39, 0.29) is 5.56 Å². The molecule has 0 saturated heterocycles. The van der Waals surface area contributed by atoms with Gasteiger partial charge in [-0.3, -0.25) is 0 Å². The zero-order chi connectivity index (χ0) is 74.3. The Balaban J connectivity index is 1.39. The van der Waals surface area contributed by atoms with Gasteiger partial charge in [0.1, 0.15) is 11.2 Å². The minimum absolute atomic E-state index is 0.334. The highest BCUT2D eigenvalue weighted by Crippen LogP contribution is 2.59. The van der Waals surface area contributed by atoms with E-state index >= 15 is 0 Å². The Bertz CT molecular complexity index is 5550. The summed E-state index contributed by atoms with van der Waals surface area (Å²) in [4.78, 5) is 0.627. The predicted molar refractivity (Wildman–Crippen MR) is 268 cm³/mol. The van der Waals surface area contributed by atoms with E-state index in [2.05, 4.69) is 0 Å². The minimum Gasteiger partial charge on any atom is -0.455 e. The zero-order valence-corrected chi connectivity index (χ0v) is 33.4. The second-order valence-corrected chi connectivity index (χ2v) is 14.5. The fraction of sp³-hybridized carbons (Fsp3) is 0.0645. The average molecular weight is 856 g/mol. The molecule has 0 unspecified atom stereocenters. The molecule has 0 fully saturated rings. The maximum absolute atomic E-state index is 10.5. The molecular weight excluding hydrogens is 775 g/mol. The van der Waals surface area contributed by atoms with Crippen LogP contribution in [0, 0.1) is 20.8 Å². The van der Waals surface area contributed by atoms with Crippen LogP contribution in [0.25, 0.3) is 66.1 Å². The van der Waals surface area contributed by atoms with E-state index in [0.29, 0.717) is 4.90 Å². The van der Waals surface area contributed by atoms with Crippen molar-refractivity contribution >= 4 is 49.8 Å². The van der Waals surface area contributed by atoms with Crippen LogP contribution in [0.1, 0.15) is 88.3 Å². The molecule has 11 aromatic rings. The third-order valence-electron chi connectivity index (χ3n) is 11.1. The lowest BCUT2D eigenvalue weighted by atomic mass is 9.66. The van der Waals surface area contributed by atoms with E-state index in [0.717, 1.165) is 13.8 Å². The summed E-state index contributed by atoms with van der Waals surface area (Å²) in [6.07, 6.45) is 0. The first kappa shape index (κ1) is 16.0. The predicted octanol–water partition coefficient (Wildman–Crippen LogP) is 16.8. The summed E-state index contributed by atoms with van der Waals surface area (Å²) < 4.78 is 343. The van der Waals surface area contributed by atoms with E-state index in [1.54, 1.807) is 0 Å². The van der Waals surface area contributed by atoms with Crippen molar-refractivity contribution in [2.45, 2.75) is 26.2 Å². The van der Waals surface area contributed by atoms with Gasteiger partial charge in [0.25, 0.3) is 0 Å². The number of hydrogen-bond acceptors (Lipinski definition) is 2. The molecule has 0 saturated carbocycles. The van der Waals surface area contributed by atoms with Gasteiger partial charge in [-0.05, 0) is 135 Å². The SMILES string of the molecule is [2H]c1c([2H])c([2H])c(-c2c([2H])c3c(oc4c([2H])c(N(c5c([2H])c([2H])c([2H])c(-c6c([2H])c([2H])c([2H])c([2H])c6C)c5[2H])c5c(C)c([2H])c6c(c5C)C(c5c([2H])c([2H])c([2H])c([2H])c5[2H])(c5c([2H])c([2H])c([2H])c([2H])c5[2H])c5c([2H])c([2H])c([2H])c([2H])c5-6)c([2H])c([2H])c43)c3c([2H])c([2H])c([2H])c([2H])c23)c([2H])c1[2H]. The van der Waals surface area contributed by atoms with Crippen LogP contribution in [-0.2, 0) is 5.41 Å². The molecular formula is C62H45NO. The quantitative estimate of drug-likeness (QED) is 0.159. The van der Waals surface area contributed by atoms with Crippen LogP contribution in [0.2, 0.25) is 0 Å². The molecule has 0 amide bonds. The summed E-state index contributed by atoms with van der Waals surface area (Å²) in [7, 11) is 0. The number of hydrogen-bond donors (Lipinski definition) is 0. The van der Waals surface area contributed by atoms with Crippen LogP contribution < -0.4 is 4.90 Å². The number of anilines is 3. The van der Waals surface area contributed by atoms with Crippen molar-refractivity contribution in [3.8, 4) is 33.4 Å². The van der Waals surface area contributed by atoms with E-state index < -0.39 is 339 Å². The van der Waals surface area contributed by atoms with Crippen molar-refractivity contribution in [1.82, 2.24) is 0 Å². The van der Waals surface area contributed by atoms with Gasteiger partial charge in [0.2, 0.25) is 0 Å². The Kier molecular flexibility index (Phi) is 3.72. The highest BCUT2D eigenvalue weighted by molar-refractivity contribution is 6.19. The Morgan fingerprint density at radius 3 is 1.78 bits per heavy atom. The average Bonchev–Trinajstić information content (AvgIpc) is 1.47. The van der Waals surface area contributed by atoms with Crippen molar-refractivity contribution < 1.29 is 53.8 Å². The Hall–Kier alpha value is -7.94. The molecule has 0 atom stereocenters. The van der Waals surface area contributed by atoms with E-state index in [1.807, 2.05) is 0 Å². The molecule has 2 nitrogen and oxygen atoms in total. The number of furan rings is 1. The Morgan fingerprint density at radius 1 is 0.422 bits per heavy atom. The largest absolute Gasteiger partial charge is 0.455 e. The highest BCUT2D eigenvalue weighted by atomic mass is 16.3. The summed E-state index contributed by atoms with van der Waals surface area (Å²) in [6, 6.07) is -37.4. The number of benzene rings is 10. The second kappa shape index (κ2) is 14.9. The van der Waals surface area contributed by atoms with Crippen LogP contribution in [0.5, 0.6) is 0 Å². The molecule has 1 aliphatic rings. The summed E-state index contributed by atoms with van der Waals surface area (Å²) in [5, 5.41) is -2.71. The third kappa shape index (κ3) is 5.65. The highest BCUT2D eigenvalue weighted by Gasteiger charge is 2.48. The maximum Gasteiger partial charge on any atom is 0.143 e. The molecule has 0 bridgehead atoms. The molecule has 64 heavy (non-hydrogen) atoms. The second-order valence-electron chi connectivity index (χ2n) is 14.5. The summed E-state index contributed by atoms with van der Waals surface area (Å²) >= 11 is 0. The summed E-state index contributed by atoms with van der Waals surface area (Å²) in [5.41, 5.74) is -17.2. The number of rotatable bonds is 7. The minimum atomic E-state index is -3.29. The van der Waals surface area contributed by atoms with Gasteiger partial charge in [-0.25, -0.2) is 0 Å². The van der Waals surface area contributed by atoms with Gasteiger partial charge >= 0.3 is 0 Å². The Labute approximate surface area is 424 Å². The first-order chi connectivity index (χ1) is 46.5. The third-order valence-corrected chi connectivity index (χ3v) is 11.1.